The van der Waals surface area contributed by atoms with Crippen molar-refractivity contribution in [2.45, 2.75) is 58.1 Å². The van der Waals surface area contributed by atoms with Gasteiger partial charge in [0.25, 0.3) is 10.0 Å². The predicted molar refractivity (Wildman–Crippen MR) is 78.0 cm³/mol. The molecule has 1 heterocycles. The van der Waals surface area contributed by atoms with E-state index in [9.17, 15) is 8.42 Å². The Kier molecular flexibility index (Phi) is 6.16. The van der Waals surface area contributed by atoms with E-state index in [1.807, 2.05) is 20.8 Å². The highest BCUT2D eigenvalue weighted by Gasteiger charge is 2.31. The second-order valence-corrected chi connectivity index (χ2v) is 6.56. The molecule has 0 aliphatic heterocycles. The Morgan fingerprint density at radius 3 is 2.35 bits per heavy atom. The van der Waals surface area contributed by atoms with E-state index in [4.69, 9.17) is 5.11 Å². The Labute approximate surface area is 121 Å². The molecule has 0 spiro atoms. The molecule has 0 saturated carbocycles. The largest absolute Gasteiger partial charge is 0.395 e. The van der Waals surface area contributed by atoms with E-state index in [1.54, 1.807) is 17.7 Å². The molecular formula is C13H25N3O3S. The number of aryl methyl sites for hydroxylation is 2. The summed E-state index contributed by atoms with van der Waals surface area (Å²) in [7, 11) is -3.66. The van der Waals surface area contributed by atoms with E-state index in [0.717, 1.165) is 0 Å². The van der Waals surface area contributed by atoms with Crippen LogP contribution in [0.5, 0.6) is 0 Å². The first-order valence-corrected chi connectivity index (χ1v) is 8.52. The van der Waals surface area contributed by atoms with Gasteiger partial charge in [0.05, 0.1) is 6.61 Å². The molecule has 1 N–H and O–H groups in total. The lowest BCUT2D eigenvalue weighted by atomic mass is 10.2. The first-order valence-electron chi connectivity index (χ1n) is 7.08. The van der Waals surface area contributed by atoms with Crippen molar-refractivity contribution in [1.82, 2.24) is 13.9 Å². The molecule has 0 amide bonds. The predicted octanol–water partition coefficient (Wildman–Crippen LogP) is 1.38. The van der Waals surface area contributed by atoms with Gasteiger partial charge in [-0.1, -0.05) is 13.8 Å². The third kappa shape index (κ3) is 3.39. The molecule has 0 fully saturated rings. The maximum Gasteiger partial charge on any atom is 0.262 e. The van der Waals surface area contributed by atoms with Gasteiger partial charge in [0.1, 0.15) is 5.82 Å². The highest BCUT2D eigenvalue weighted by Crippen LogP contribution is 2.20. The minimum atomic E-state index is -3.66. The number of aromatic nitrogens is 2. The molecule has 116 valence electrons. The van der Waals surface area contributed by atoms with Crippen LogP contribution in [-0.4, -0.2) is 46.6 Å². The van der Waals surface area contributed by atoms with Crippen molar-refractivity contribution >= 4 is 10.0 Å². The van der Waals surface area contributed by atoms with Gasteiger partial charge < -0.3 is 9.67 Å². The van der Waals surface area contributed by atoms with Crippen molar-refractivity contribution in [3.8, 4) is 0 Å². The Hall–Kier alpha value is -0.920. The fourth-order valence-electron chi connectivity index (χ4n) is 2.34. The van der Waals surface area contributed by atoms with Gasteiger partial charge in [-0.05, 0) is 26.7 Å². The summed E-state index contributed by atoms with van der Waals surface area (Å²) in [6.07, 6.45) is 2.99. The number of imidazole rings is 1. The van der Waals surface area contributed by atoms with Crippen LogP contribution in [0.2, 0.25) is 0 Å². The summed E-state index contributed by atoms with van der Waals surface area (Å²) in [6, 6.07) is -0.112. The number of nitrogens with zero attached hydrogens (tertiary/aromatic N) is 3. The summed E-state index contributed by atoms with van der Waals surface area (Å²) < 4.78 is 28.6. The molecular weight excluding hydrogens is 278 g/mol. The number of hydrogen-bond donors (Lipinski definition) is 1. The third-order valence-electron chi connectivity index (χ3n) is 3.54. The van der Waals surface area contributed by atoms with Crippen LogP contribution in [-0.2, 0) is 16.6 Å². The summed E-state index contributed by atoms with van der Waals surface area (Å²) in [5.41, 5.74) is 0. The van der Waals surface area contributed by atoms with E-state index in [0.29, 0.717) is 25.2 Å². The average Bonchev–Trinajstić information content (AvgIpc) is 2.81. The van der Waals surface area contributed by atoms with Gasteiger partial charge in [-0.15, -0.1) is 0 Å². The van der Waals surface area contributed by atoms with Gasteiger partial charge in [0, 0.05) is 25.3 Å². The first-order chi connectivity index (χ1) is 9.42. The minimum absolute atomic E-state index is 0.0669. The number of aliphatic hydroxyl groups excluding tert-OH is 1. The molecule has 6 nitrogen and oxygen atoms in total. The van der Waals surface area contributed by atoms with Crippen LogP contribution in [0, 0.1) is 6.92 Å². The van der Waals surface area contributed by atoms with E-state index in [-0.39, 0.29) is 24.2 Å². The number of aliphatic hydroxyl groups is 1. The van der Waals surface area contributed by atoms with Gasteiger partial charge >= 0.3 is 0 Å². The lowest BCUT2D eigenvalue weighted by Gasteiger charge is -2.28. The highest BCUT2D eigenvalue weighted by molar-refractivity contribution is 7.89. The lowest BCUT2D eigenvalue weighted by Crippen LogP contribution is -2.41. The minimum Gasteiger partial charge on any atom is -0.395 e. The topological polar surface area (TPSA) is 75.4 Å². The molecule has 20 heavy (non-hydrogen) atoms. The van der Waals surface area contributed by atoms with Crippen LogP contribution in [0.1, 0.15) is 39.4 Å². The average molecular weight is 303 g/mol. The van der Waals surface area contributed by atoms with Gasteiger partial charge in [-0.2, -0.15) is 4.31 Å². The van der Waals surface area contributed by atoms with Crippen LogP contribution >= 0.6 is 0 Å². The zero-order chi connectivity index (χ0) is 15.3. The molecule has 0 unspecified atom stereocenters. The quantitative estimate of drug-likeness (QED) is 0.787. The summed E-state index contributed by atoms with van der Waals surface area (Å²) in [4.78, 5) is 4.16. The Balaban J connectivity index is 3.21. The first kappa shape index (κ1) is 17.1. The standard InChI is InChI=1S/C13H25N3O3S/c1-5-12(6-2)16(8-9-17)20(18,19)13-10-15(7-3)11(4)14-13/h10,12,17H,5-9H2,1-4H3. The number of hydrogen-bond acceptors (Lipinski definition) is 4. The monoisotopic (exact) mass is 303 g/mol. The van der Waals surface area contributed by atoms with Crippen molar-refractivity contribution in [2.24, 2.45) is 0 Å². The maximum absolute atomic E-state index is 12.7. The van der Waals surface area contributed by atoms with Crippen molar-refractivity contribution in [3.63, 3.8) is 0 Å². The molecule has 0 radical (unpaired) electrons. The molecule has 0 atom stereocenters. The fraction of sp³-hybridized carbons (Fsp3) is 0.769. The summed E-state index contributed by atoms with van der Waals surface area (Å²) in [5.74, 6) is 0.680. The number of sulfonamides is 1. The van der Waals surface area contributed by atoms with Crippen molar-refractivity contribution in [2.75, 3.05) is 13.2 Å². The zero-order valence-corrected chi connectivity index (χ0v) is 13.5. The smallest absolute Gasteiger partial charge is 0.262 e. The molecule has 1 aromatic rings. The Morgan fingerprint density at radius 2 is 1.95 bits per heavy atom. The molecule has 1 rings (SSSR count). The van der Waals surface area contributed by atoms with E-state index >= 15 is 0 Å². The number of rotatable bonds is 8. The third-order valence-corrected chi connectivity index (χ3v) is 5.36. The van der Waals surface area contributed by atoms with E-state index in [2.05, 4.69) is 4.98 Å². The molecule has 7 heteroatoms. The molecule has 0 aliphatic rings. The van der Waals surface area contributed by atoms with Crippen LogP contribution in [0.25, 0.3) is 0 Å². The molecule has 0 saturated heterocycles. The molecule has 1 aromatic heterocycles. The van der Waals surface area contributed by atoms with Gasteiger partial charge in [-0.25, -0.2) is 13.4 Å². The SMILES string of the molecule is CCC(CC)N(CCO)S(=O)(=O)c1cn(CC)c(C)n1. The van der Waals surface area contributed by atoms with Crippen LogP contribution in [0.4, 0.5) is 0 Å². The summed E-state index contributed by atoms with van der Waals surface area (Å²) in [6.45, 7) is 8.22. The van der Waals surface area contributed by atoms with Crippen molar-refractivity contribution in [1.29, 1.82) is 0 Å². The fourth-order valence-corrected chi connectivity index (χ4v) is 4.10. The van der Waals surface area contributed by atoms with E-state index < -0.39 is 10.0 Å². The van der Waals surface area contributed by atoms with E-state index in [1.165, 1.54) is 4.31 Å². The van der Waals surface area contributed by atoms with Crippen LogP contribution in [0.3, 0.4) is 0 Å². The highest BCUT2D eigenvalue weighted by atomic mass is 32.2. The molecule has 0 aliphatic carbocycles. The van der Waals surface area contributed by atoms with Gasteiger partial charge in [0.15, 0.2) is 5.03 Å². The molecule has 0 aromatic carbocycles. The van der Waals surface area contributed by atoms with Crippen molar-refractivity contribution < 1.29 is 13.5 Å². The lowest BCUT2D eigenvalue weighted by molar-refractivity contribution is 0.219. The Bertz CT molecular complexity index is 521. The second kappa shape index (κ2) is 7.19. The maximum atomic E-state index is 12.7. The van der Waals surface area contributed by atoms with Crippen LogP contribution < -0.4 is 0 Å². The van der Waals surface area contributed by atoms with Crippen LogP contribution in [0.15, 0.2) is 11.2 Å². The van der Waals surface area contributed by atoms with Gasteiger partial charge in [0.2, 0.25) is 0 Å². The summed E-state index contributed by atoms with van der Waals surface area (Å²) in [5, 5.41) is 9.23. The molecule has 0 bridgehead atoms. The normalized spacial score (nSPS) is 12.6. The summed E-state index contributed by atoms with van der Waals surface area (Å²) >= 11 is 0. The second-order valence-electron chi connectivity index (χ2n) is 4.72. The van der Waals surface area contributed by atoms with Crippen molar-refractivity contribution in [3.05, 3.63) is 12.0 Å². The Morgan fingerprint density at radius 1 is 1.35 bits per heavy atom. The van der Waals surface area contributed by atoms with Gasteiger partial charge in [-0.3, -0.25) is 0 Å². The zero-order valence-electron chi connectivity index (χ0n) is 12.7.